The van der Waals surface area contributed by atoms with Gasteiger partial charge < -0.3 is 15.5 Å². The quantitative estimate of drug-likeness (QED) is 0.832. The van der Waals surface area contributed by atoms with Crippen LogP contribution >= 0.6 is 0 Å². The van der Waals surface area contributed by atoms with Crippen LogP contribution in [-0.2, 0) is 16.1 Å². The van der Waals surface area contributed by atoms with E-state index in [2.05, 4.69) is 10.6 Å². The van der Waals surface area contributed by atoms with Gasteiger partial charge in [0.25, 0.3) is 0 Å². The third-order valence-corrected chi connectivity index (χ3v) is 4.79. The summed E-state index contributed by atoms with van der Waals surface area (Å²) in [4.78, 5) is 26.3. The second-order valence-electron chi connectivity index (χ2n) is 6.55. The van der Waals surface area contributed by atoms with Crippen molar-refractivity contribution in [2.75, 3.05) is 19.6 Å². The molecule has 0 bridgehead atoms. The molecule has 2 unspecified atom stereocenters. The van der Waals surface area contributed by atoms with Crippen LogP contribution in [0.3, 0.4) is 0 Å². The fourth-order valence-electron chi connectivity index (χ4n) is 3.40. The van der Waals surface area contributed by atoms with E-state index in [1.165, 1.54) is 0 Å². The van der Waals surface area contributed by atoms with E-state index >= 15 is 0 Å². The van der Waals surface area contributed by atoms with Crippen LogP contribution in [0.1, 0.15) is 31.2 Å². The van der Waals surface area contributed by atoms with Crippen LogP contribution < -0.4 is 10.6 Å². The zero-order chi connectivity index (χ0) is 16.1. The van der Waals surface area contributed by atoms with Crippen molar-refractivity contribution in [1.29, 1.82) is 0 Å². The van der Waals surface area contributed by atoms with Crippen LogP contribution in [-0.4, -0.2) is 42.4 Å². The number of benzene rings is 1. The Kier molecular flexibility index (Phi) is 5.28. The molecular weight excluding hydrogens is 290 g/mol. The molecule has 0 saturated carbocycles. The molecule has 2 fully saturated rings. The number of nitrogens with one attached hydrogen (secondary N) is 2. The molecule has 3 rings (SSSR count). The SMILES string of the molecule is O=C(CCC1CCNC1)NC1CCN(Cc2ccccc2)C1=O. The molecule has 124 valence electrons. The van der Waals surface area contributed by atoms with Gasteiger partial charge in [0.15, 0.2) is 0 Å². The molecule has 0 aliphatic carbocycles. The predicted octanol–water partition coefficient (Wildman–Crippen LogP) is 1.29. The predicted molar refractivity (Wildman–Crippen MR) is 88.6 cm³/mol. The van der Waals surface area contributed by atoms with Gasteiger partial charge in [0.05, 0.1) is 0 Å². The summed E-state index contributed by atoms with van der Waals surface area (Å²) >= 11 is 0. The molecule has 0 radical (unpaired) electrons. The van der Waals surface area contributed by atoms with Gasteiger partial charge in [-0.1, -0.05) is 30.3 Å². The largest absolute Gasteiger partial charge is 0.344 e. The van der Waals surface area contributed by atoms with Gasteiger partial charge in [-0.2, -0.15) is 0 Å². The zero-order valence-corrected chi connectivity index (χ0v) is 13.5. The van der Waals surface area contributed by atoms with Crippen molar-refractivity contribution >= 4 is 11.8 Å². The highest BCUT2D eigenvalue weighted by molar-refractivity contribution is 5.89. The van der Waals surface area contributed by atoms with Crippen molar-refractivity contribution in [3.05, 3.63) is 35.9 Å². The molecule has 2 heterocycles. The molecule has 2 aliphatic rings. The number of hydrogen-bond donors (Lipinski definition) is 2. The van der Waals surface area contributed by atoms with Crippen LogP contribution in [0.5, 0.6) is 0 Å². The van der Waals surface area contributed by atoms with E-state index in [9.17, 15) is 9.59 Å². The first-order valence-electron chi connectivity index (χ1n) is 8.55. The molecular formula is C18H25N3O2. The van der Waals surface area contributed by atoms with Crippen LogP contribution in [0.2, 0.25) is 0 Å². The topological polar surface area (TPSA) is 61.4 Å². The minimum absolute atomic E-state index is 0.0109. The molecule has 0 spiro atoms. The lowest BCUT2D eigenvalue weighted by atomic mass is 10.0. The highest BCUT2D eigenvalue weighted by Crippen LogP contribution is 2.17. The number of nitrogens with zero attached hydrogens (tertiary/aromatic N) is 1. The Bertz CT molecular complexity index is 540. The summed E-state index contributed by atoms with van der Waals surface area (Å²) in [6.07, 6.45) is 3.30. The van der Waals surface area contributed by atoms with E-state index in [0.29, 0.717) is 31.8 Å². The maximum Gasteiger partial charge on any atom is 0.245 e. The number of amides is 2. The Morgan fingerprint density at radius 3 is 2.83 bits per heavy atom. The average Bonchev–Trinajstić information content (AvgIpc) is 3.19. The van der Waals surface area contributed by atoms with Gasteiger partial charge >= 0.3 is 0 Å². The second kappa shape index (κ2) is 7.59. The first-order chi connectivity index (χ1) is 11.2. The molecule has 1 aromatic carbocycles. The summed E-state index contributed by atoms with van der Waals surface area (Å²) in [7, 11) is 0. The van der Waals surface area contributed by atoms with Crippen molar-refractivity contribution in [3.8, 4) is 0 Å². The number of likely N-dealkylation sites (tertiary alicyclic amines) is 1. The fourth-order valence-corrected chi connectivity index (χ4v) is 3.40. The summed E-state index contributed by atoms with van der Waals surface area (Å²) < 4.78 is 0. The summed E-state index contributed by atoms with van der Waals surface area (Å²) in [5.74, 6) is 0.663. The zero-order valence-electron chi connectivity index (χ0n) is 13.5. The van der Waals surface area contributed by atoms with E-state index in [-0.39, 0.29) is 17.9 Å². The number of carbonyl (C=O) groups is 2. The standard InChI is InChI=1S/C18H25N3O2/c22-17(7-6-14-8-10-19-12-14)20-16-9-11-21(18(16)23)13-15-4-2-1-3-5-15/h1-5,14,16,19H,6-13H2,(H,20,22). The van der Waals surface area contributed by atoms with Gasteiger partial charge in [0.1, 0.15) is 6.04 Å². The molecule has 2 saturated heterocycles. The lowest BCUT2D eigenvalue weighted by molar-refractivity contribution is -0.133. The Balaban J connectivity index is 1.44. The second-order valence-corrected chi connectivity index (χ2v) is 6.55. The van der Waals surface area contributed by atoms with Crippen LogP contribution in [0, 0.1) is 5.92 Å². The van der Waals surface area contributed by atoms with Gasteiger partial charge in [-0.15, -0.1) is 0 Å². The van der Waals surface area contributed by atoms with Gasteiger partial charge in [-0.3, -0.25) is 9.59 Å². The first kappa shape index (κ1) is 16.0. The number of hydrogen-bond acceptors (Lipinski definition) is 3. The van der Waals surface area contributed by atoms with E-state index < -0.39 is 0 Å². The summed E-state index contributed by atoms with van der Waals surface area (Å²) in [5.41, 5.74) is 1.13. The van der Waals surface area contributed by atoms with E-state index in [4.69, 9.17) is 0 Å². The van der Waals surface area contributed by atoms with Crippen molar-refractivity contribution in [2.45, 2.75) is 38.3 Å². The Hall–Kier alpha value is -1.88. The van der Waals surface area contributed by atoms with E-state index in [1.807, 2.05) is 35.2 Å². The van der Waals surface area contributed by atoms with E-state index in [0.717, 1.165) is 31.5 Å². The molecule has 23 heavy (non-hydrogen) atoms. The lowest BCUT2D eigenvalue weighted by Gasteiger charge is -2.17. The molecule has 2 atom stereocenters. The molecule has 2 aliphatic heterocycles. The van der Waals surface area contributed by atoms with Gasteiger partial charge in [0, 0.05) is 19.5 Å². The number of rotatable bonds is 6. The van der Waals surface area contributed by atoms with Crippen LogP contribution in [0.25, 0.3) is 0 Å². The Morgan fingerprint density at radius 2 is 2.09 bits per heavy atom. The van der Waals surface area contributed by atoms with Crippen molar-refractivity contribution in [1.82, 2.24) is 15.5 Å². The molecule has 5 heteroatoms. The minimum Gasteiger partial charge on any atom is -0.344 e. The van der Waals surface area contributed by atoms with Crippen LogP contribution in [0.4, 0.5) is 0 Å². The Morgan fingerprint density at radius 1 is 1.26 bits per heavy atom. The molecule has 5 nitrogen and oxygen atoms in total. The smallest absolute Gasteiger partial charge is 0.245 e. The monoisotopic (exact) mass is 315 g/mol. The summed E-state index contributed by atoms with van der Waals surface area (Å²) in [5, 5.41) is 6.23. The maximum absolute atomic E-state index is 12.4. The fraction of sp³-hybridized carbons (Fsp3) is 0.556. The Labute approximate surface area is 137 Å². The van der Waals surface area contributed by atoms with Gasteiger partial charge in [-0.05, 0) is 43.8 Å². The maximum atomic E-state index is 12.4. The summed E-state index contributed by atoms with van der Waals surface area (Å²) in [6, 6.07) is 9.63. The minimum atomic E-state index is -0.340. The first-order valence-corrected chi connectivity index (χ1v) is 8.55. The third-order valence-electron chi connectivity index (χ3n) is 4.79. The van der Waals surface area contributed by atoms with Crippen molar-refractivity contribution in [3.63, 3.8) is 0 Å². The summed E-state index contributed by atoms with van der Waals surface area (Å²) in [6.45, 7) is 3.41. The van der Waals surface area contributed by atoms with E-state index in [1.54, 1.807) is 0 Å². The highest BCUT2D eigenvalue weighted by Gasteiger charge is 2.32. The lowest BCUT2D eigenvalue weighted by Crippen LogP contribution is -2.41. The van der Waals surface area contributed by atoms with Gasteiger partial charge in [0.2, 0.25) is 11.8 Å². The normalized spacial score (nSPS) is 24.2. The average molecular weight is 315 g/mol. The number of carbonyl (C=O) groups excluding carboxylic acids is 2. The van der Waals surface area contributed by atoms with Crippen molar-refractivity contribution < 1.29 is 9.59 Å². The molecule has 2 N–H and O–H groups in total. The molecule has 1 aromatic rings. The highest BCUT2D eigenvalue weighted by atomic mass is 16.2. The van der Waals surface area contributed by atoms with Crippen LogP contribution in [0.15, 0.2) is 30.3 Å². The van der Waals surface area contributed by atoms with Gasteiger partial charge in [-0.25, -0.2) is 0 Å². The molecule has 0 aromatic heterocycles. The van der Waals surface area contributed by atoms with Crippen molar-refractivity contribution in [2.24, 2.45) is 5.92 Å². The third kappa shape index (κ3) is 4.32. The molecule has 2 amide bonds.